The van der Waals surface area contributed by atoms with Crippen molar-refractivity contribution >= 4 is 5.91 Å². The number of carbonyl (C=O) groups is 1. The molecule has 0 aliphatic heterocycles. The van der Waals surface area contributed by atoms with E-state index < -0.39 is 0 Å². The molecule has 1 amide bonds. The average Bonchev–Trinajstić information content (AvgIpc) is 2.55. The largest absolute Gasteiger partial charge is 0.394 e. The summed E-state index contributed by atoms with van der Waals surface area (Å²) in [5, 5.41) is 11.6. The third kappa shape index (κ3) is 13.8. The molecule has 0 bridgehead atoms. The van der Waals surface area contributed by atoms with Gasteiger partial charge in [0, 0.05) is 11.6 Å². The topological polar surface area (TPSA) is 49.3 Å². The van der Waals surface area contributed by atoms with E-state index in [1.807, 2.05) is 24.3 Å². The second kappa shape index (κ2) is 15.3. The van der Waals surface area contributed by atoms with Crippen LogP contribution in [0.15, 0.2) is 48.1 Å². The van der Waals surface area contributed by atoms with E-state index in [1.54, 1.807) is 19.9 Å². The molecule has 0 heterocycles. The predicted octanol–water partition coefficient (Wildman–Crippen LogP) is 4.46. The van der Waals surface area contributed by atoms with Crippen LogP contribution in [0.1, 0.15) is 59.3 Å². The molecule has 0 aliphatic carbocycles. The van der Waals surface area contributed by atoms with E-state index in [0.717, 1.165) is 6.42 Å². The smallest absolute Gasteiger partial charge is 0.247 e. The van der Waals surface area contributed by atoms with Crippen molar-refractivity contribution in [3.63, 3.8) is 0 Å². The fraction of sp³-hybridized carbons (Fsp3) is 0.550. The summed E-state index contributed by atoms with van der Waals surface area (Å²) in [4.78, 5) is 11.7. The Morgan fingerprint density at radius 1 is 1.04 bits per heavy atom. The van der Waals surface area contributed by atoms with Crippen LogP contribution in [0.5, 0.6) is 0 Å². The van der Waals surface area contributed by atoms with E-state index in [9.17, 15) is 4.79 Å². The first-order chi connectivity index (χ1) is 11.1. The summed E-state index contributed by atoms with van der Waals surface area (Å²) in [5.74, 6) is -0.150. The number of aliphatic hydroxyl groups is 1. The Hall–Kier alpha value is -1.61. The number of carbonyl (C=O) groups excluding carboxylic acids is 1. The summed E-state index contributed by atoms with van der Waals surface area (Å²) < 4.78 is 0. The van der Waals surface area contributed by atoms with Crippen molar-refractivity contribution in [2.75, 3.05) is 6.61 Å². The van der Waals surface area contributed by atoms with Gasteiger partial charge in [-0.25, -0.2) is 0 Å². The van der Waals surface area contributed by atoms with Crippen LogP contribution in [0.3, 0.4) is 0 Å². The van der Waals surface area contributed by atoms with Crippen LogP contribution in [-0.2, 0) is 4.79 Å². The predicted molar refractivity (Wildman–Crippen MR) is 99.2 cm³/mol. The van der Waals surface area contributed by atoms with Crippen molar-refractivity contribution in [1.82, 2.24) is 5.32 Å². The molecule has 2 N–H and O–H groups in total. The highest BCUT2D eigenvalue weighted by Gasteiger charge is 2.06. The molecule has 1 atom stereocenters. The highest BCUT2D eigenvalue weighted by Crippen LogP contribution is 2.05. The first-order valence-electron chi connectivity index (χ1n) is 8.70. The third-order valence-corrected chi connectivity index (χ3v) is 3.41. The maximum Gasteiger partial charge on any atom is 0.247 e. The van der Waals surface area contributed by atoms with Crippen molar-refractivity contribution in [2.24, 2.45) is 0 Å². The van der Waals surface area contributed by atoms with Gasteiger partial charge < -0.3 is 10.4 Å². The van der Waals surface area contributed by atoms with Gasteiger partial charge in [0.1, 0.15) is 0 Å². The number of allylic oxidation sites excluding steroid dienone is 7. The normalized spacial score (nSPS) is 14.2. The van der Waals surface area contributed by atoms with Gasteiger partial charge in [-0.2, -0.15) is 0 Å². The summed E-state index contributed by atoms with van der Waals surface area (Å²) in [7, 11) is 0. The molecule has 0 aromatic carbocycles. The van der Waals surface area contributed by atoms with E-state index in [0.29, 0.717) is 5.57 Å². The number of aliphatic hydroxyl groups excluding tert-OH is 1. The van der Waals surface area contributed by atoms with Crippen LogP contribution in [0.2, 0.25) is 0 Å². The van der Waals surface area contributed by atoms with Crippen LogP contribution < -0.4 is 5.32 Å². The van der Waals surface area contributed by atoms with Gasteiger partial charge in [-0.3, -0.25) is 4.79 Å². The van der Waals surface area contributed by atoms with E-state index >= 15 is 0 Å². The Labute approximate surface area is 141 Å². The number of nitrogens with one attached hydrogen (secondary N) is 1. The molecule has 0 aromatic rings. The van der Waals surface area contributed by atoms with Crippen LogP contribution in [0, 0.1) is 0 Å². The Kier molecular flexibility index (Phi) is 14.2. The van der Waals surface area contributed by atoms with Gasteiger partial charge in [-0.05, 0) is 26.7 Å². The third-order valence-electron chi connectivity index (χ3n) is 3.41. The van der Waals surface area contributed by atoms with Crippen molar-refractivity contribution in [1.29, 1.82) is 0 Å². The zero-order valence-corrected chi connectivity index (χ0v) is 14.9. The Balaban J connectivity index is 3.90. The van der Waals surface area contributed by atoms with Gasteiger partial charge >= 0.3 is 0 Å². The Morgan fingerprint density at radius 2 is 1.70 bits per heavy atom. The zero-order chi connectivity index (χ0) is 17.3. The van der Waals surface area contributed by atoms with Gasteiger partial charge in [0.15, 0.2) is 0 Å². The minimum atomic E-state index is -0.221. The van der Waals surface area contributed by atoms with E-state index in [2.05, 4.69) is 24.4 Å². The molecule has 0 radical (unpaired) electrons. The molecular formula is C20H33NO2. The second-order valence-electron chi connectivity index (χ2n) is 5.81. The fourth-order valence-corrected chi connectivity index (χ4v) is 1.89. The monoisotopic (exact) mass is 319 g/mol. The van der Waals surface area contributed by atoms with E-state index in [1.165, 1.54) is 32.1 Å². The molecule has 3 heteroatoms. The van der Waals surface area contributed by atoms with E-state index in [-0.39, 0.29) is 18.6 Å². The molecule has 3 nitrogen and oxygen atoms in total. The van der Waals surface area contributed by atoms with Gasteiger partial charge in [0.2, 0.25) is 5.91 Å². The van der Waals surface area contributed by atoms with Crippen LogP contribution >= 0.6 is 0 Å². The summed E-state index contributed by atoms with van der Waals surface area (Å²) in [6.45, 7) is 5.70. The molecule has 0 saturated heterocycles. The number of amides is 1. The lowest BCUT2D eigenvalue weighted by Gasteiger charge is -2.10. The van der Waals surface area contributed by atoms with Gasteiger partial charge in [0.05, 0.1) is 6.61 Å². The summed E-state index contributed by atoms with van der Waals surface area (Å²) in [5.41, 5.74) is 0.623. The lowest BCUT2D eigenvalue weighted by Crippen LogP contribution is -2.35. The van der Waals surface area contributed by atoms with Crippen molar-refractivity contribution in [2.45, 2.75) is 65.3 Å². The Morgan fingerprint density at radius 3 is 2.39 bits per heavy atom. The van der Waals surface area contributed by atoms with Crippen LogP contribution in [0.25, 0.3) is 0 Å². The maximum atomic E-state index is 11.7. The lowest BCUT2D eigenvalue weighted by atomic mass is 10.1. The van der Waals surface area contributed by atoms with Crippen LogP contribution in [-0.4, -0.2) is 23.7 Å². The zero-order valence-electron chi connectivity index (χ0n) is 14.9. The molecule has 0 spiro atoms. The highest BCUT2D eigenvalue weighted by atomic mass is 16.3. The quantitative estimate of drug-likeness (QED) is 0.317. The summed E-state index contributed by atoms with van der Waals surface area (Å²) in [6.07, 6.45) is 21.4. The maximum absolute atomic E-state index is 11.7. The van der Waals surface area contributed by atoms with Crippen LogP contribution in [0.4, 0.5) is 0 Å². The first-order valence-corrected chi connectivity index (χ1v) is 8.70. The first kappa shape index (κ1) is 21.4. The van der Waals surface area contributed by atoms with E-state index in [4.69, 9.17) is 5.11 Å². The molecule has 130 valence electrons. The lowest BCUT2D eigenvalue weighted by molar-refractivity contribution is -0.118. The van der Waals surface area contributed by atoms with Gasteiger partial charge in [0.25, 0.3) is 0 Å². The van der Waals surface area contributed by atoms with Crippen molar-refractivity contribution in [3.8, 4) is 0 Å². The minimum Gasteiger partial charge on any atom is -0.394 e. The number of unbranched alkanes of at least 4 members (excludes halogenated alkanes) is 5. The second-order valence-corrected chi connectivity index (χ2v) is 5.81. The fourth-order valence-electron chi connectivity index (χ4n) is 1.89. The van der Waals surface area contributed by atoms with Gasteiger partial charge in [-0.1, -0.05) is 75.1 Å². The number of hydrogen-bond acceptors (Lipinski definition) is 2. The molecule has 0 saturated carbocycles. The summed E-state index contributed by atoms with van der Waals surface area (Å²) in [6, 6.07) is -0.221. The molecule has 0 rings (SSSR count). The molecule has 0 aromatic heterocycles. The molecule has 0 aliphatic rings. The molecular weight excluding hydrogens is 286 g/mol. The number of rotatable bonds is 12. The van der Waals surface area contributed by atoms with Gasteiger partial charge in [-0.15, -0.1) is 0 Å². The SMILES string of the molecule is CCCCCCC/C=C/C=C/C=C/C=C(\C)C(=O)N[C@@H](C)CO. The molecule has 0 unspecified atom stereocenters. The summed E-state index contributed by atoms with van der Waals surface area (Å²) >= 11 is 0. The highest BCUT2D eigenvalue weighted by molar-refractivity contribution is 5.93. The molecule has 0 fully saturated rings. The molecule has 23 heavy (non-hydrogen) atoms. The minimum absolute atomic E-state index is 0.0530. The van der Waals surface area contributed by atoms with Crippen molar-refractivity contribution < 1.29 is 9.90 Å². The Bertz CT molecular complexity index is 419. The van der Waals surface area contributed by atoms with Crippen molar-refractivity contribution in [3.05, 3.63) is 48.1 Å². The standard InChI is InChI=1S/C20H33NO2/c1-4-5-6-7-8-9-10-11-12-13-14-15-16-18(2)20(23)21-19(3)17-22/h10-16,19,22H,4-9,17H2,1-3H3,(H,21,23)/b11-10+,13-12+,15-14+,18-16+/t19-/m0/s1. The number of hydrogen-bond donors (Lipinski definition) is 2. The average molecular weight is 319 g/mol.